The van der Waals surface area contributed by atoms with E-state index in [1.54, 1.807) is 30.3 Å². The number of hydrogen-bond acceptors (Lipinski definition) is 5. The Morgan fingerprint density at radius 2 is 1.76 bits per heavy atom. The molecule has 9 heteroatoms. The molecule has 0 aromatic heterocycles. The zero-order valence-electron chi connectivity index (χ0n) is 15.7. The lowest BCUT2D eigenvalue weighted by Crippen LogP contribution is -2.32. The molecule has 0 heterocycles. The molecule has 0 bridgehead atoms. The fraction of sp³-hybridized carbons (Fsp3) is 0.150. The number of nitro groups is 1. The highest BCUT2D eigenvalue weighted by molar-refractivity contribution is 7.80. The molecule has 2 rings (SSSR count). The Bertz CT molecular complexity index is 942. The molecule has 3 N–H and O–H groups in total. The fourth-order valence-corrected chi connectivity index (χ4v) is 2.54. The van der Waals surface area contributed by atoms with Crippen LogP contribution in [0.3, 0.4) is 0 Å². The Labute approximate surface area is 173 Å². The third-order valence-electron chi connectivity index (χ3n) is 3.65. The number of amides is 2. The number of rotatable bonds is 7. The fourth-order valence-electron chi connectivity index (χ4n) is 2.32. The Morgan fingerprint density at radius 1 is 1.10 bits per heavy atom. The molecular weight excluding hydrogens is 392 g/mol. The van der Waals surface area contributed by atoms with Gasteiger partial charge in [-0.3, -0.25) is 25.0 Å². The second-order valence-electron chi connectivity index (χ2n) is 6.00. The molecule has 0 aliphatic rings. The van der Waals surface area contributed by atoms with Gasteiger partial charge in [-0.05, 0) is 54.5 Å². The van der Waals surface area contributed by atoms with Gasteiger partial charge < -0.3 is 10.6 Å². The molecule has 2 aromatic carbocycles. The number of carbonyl (C=O) groups excluding carboxylic acids is 2. The van der Waals surface area contributed by atoms with E-state index < -0.39 is 10.8 Å². The molecule has 0 atom stereocenters. The van der Waals surface area contributed by atoms with Gasteiger partial charge in [-0.25, -0.2) is 0 Å². The van der Waals surface area contributed by atoms with Crippen LogP contribution in [-0.4, -0.2) is 21.9 Å². The van der Waals surface area contributed by atoms with E-state index in [-0.39, 0.29) is 16.7 Å². The minimum absolute atomic E-state index is 0.0495. The Balaban J connectivity index is 1.87. The molecule has 29 heavy (non-hydrogen) atoms. The van der Waals surface area contributed by atoms with Crippen LogP contribution in [0, 0.1) is 10.1 Å². The Kier molecular flexibility index (Phi) is 7.99. The predicted molar refractivity (Wildman–Crippen MR) is 116 cm³/mol. The van der Waals surface area contributed by atoms with Crippen LogP contribution < -0.4 is 16.0 Å². The molecule has 0 unspecified atom stereocenters. The van der Waals surface area contributed by atoms with Gasteiger partial charge in [0.05, 0.1) is 4.92 Å². The first-order chi connectivity index (χ1) is 13.9. The van der Waals surface area contributed by atoms with Crippen LogP contribution in [0.1, 0.15) is 25.3 Å². The van der Waals surface area contributed by atoms with Gasteiger partial charge in [-0.2, -0.15) is 0 Å². The first-order valence-electron chi connectivity index (χ1n) is 8.82. The highest BCUT2D eigenvalue weighted by Gasteiger charge is 2.06. The van der Waals surface area contributed by atoms with Crippen molar-refractivity contribution in [1.82, 2.24) is 5.32 Å². The minimum Gasteiger partial charge on any atom is -0.332 e. The van der Waals surface area contributed by atoms with Gasteiger partial charge in [0.25, 0.3) is 5.69 Å². The van der Waals surface area contributed by atoms with Gasteiger partial charge in [-0.1, -0.05) is 19.1 Å². The third-order valence-corrected chi connectivity index (χ3v) is 3.85. The van der Waals surface area contributed by atoms with Gasteiger partial charge in [0.2, 0.25) is 11.8 Å². The number of nitro benzene ring substituents is 1. The average molecular weight is 412 g/mol. The summed E-state index contributed by atoms with van der Waals surface area (Å²) >= 11 is 5.10. The summed E-state index contributed by atoms with van der Waals surface area (Å²) in [4.78, 5) is 33.8. The van der Waals surface area contributed by atoms with Crippen LogP contribution >= 0.6 is 12.2 Å². The van der Waals surface area contributed by atoms with Crippen LogP contribution in [0.5, 0.6) is 0 Å². The van der Waals surface area contributed by atoms with Crippen LogP contribution in [0.15, 0.2) is 54.6 Å². The standard InChI is InChI=1S/C20H20N4O4S/c1-2-4-18(25)21-15-8-10-16(11-9-15)22-20(29)23-19(26)12-7-14-5-3-6-17(13-14)24(27)28/h3,5-13H,2,4H2,1H3,(H,21,25)(H2,22,23,26,29)/b12-7+. The van der Waals surface area contributed by atoms with Crippen molar-refractivity contribution in [1.29, 1.82) is 0 Å². The number of carbonyl (C=O) groups is 2. The summed E-state index contributed by atoms with van der Waals surface area (Å²) in [5.74, 6) is -0.524. The van der Waals surface area contributed by atoms with Crippen molar-refractivity contribution in [3.63, 3.8) is 0 Å². The van der Waals surface area contributed by atoms with Crippen molar-refractivity contribution >= 4 is 52.3 Å². The second kappa shape index (κ2) is 10.7. The maximum atomic E-state index is 12.0. The molecule has 0 aliphatic carbocycles. The van der Waals surface area contributed by atoms with Crippen molar-refractivity contribution in [3.8, 4) is 0 Å². The van der Waals surface area contributed by atoms with Crippen molar-refractivity contribution in [2.75, 3.05) is 10.6 Å². The van der Waals surface area contributed by atoms with Gasteiger partial charge >= 0.3 is 0 Å². The Hall–Kier alpha value is -3.59. The Morgan fingerprint density at radius 3 is 2.38 bits per heavy atom. The molecule has 0 radical (unpaired) electrons. The first kappa shape index (κ1) is 21.7. The molecule has 0 fully saturated rings. The lowest BCUT2D eigenvalue weighted by atomic mass is 10.2. The molecule has 0 spiro atoms. The second-order valence-corrected chi connectivity index (χ2v) is 6.41. The molecule has 0 saturated carbocycles. The van der Waals surface area contributed by atoms with E-state index in [1.165, 1.54) is 30.4 Å². The highest BCUT2D eigenvalue weighted by atomic mass is 32.1. The van der Waals surface area contributed by atoms with Crippen LogP contribution in [0.2, 0.25) is 0 Å². The van der Waals surface area contributed by atoms with Crippen molar-refractivity contribution in [2.45, 2.75) is 19.8 Å². The molecule has 8 nitrogen and oxygen atoms in total. The number of anilines is 2. The van der Waals surface area contributed by atoms with Crippen molar-refractivity contribution < 1.29 is 14.5 Å². The number of non-ortho nitro benzene ring substituents is 1. The zero-order valence-corrected chi connectivity index (χ0v) is 16.5. The normalized spacial score (nSPS) is 10.4. The van der Waals surface area contributed by atoms with Gasteiger partial charge in [-0.15, -0.1) is 0 Å². The smallest absolute Gasteiger partial charge is 0.270 e. The molecular formula is C20H20N4O4S. The van der Waals surface area contributed by atoms with Gasteiger partial charge in [0.1, 0.15) is 0 Å². The van der Waals surface area contributed by atoms with E-state index in [9.17, 15) is 19.7 Å². The van der Waals surface area contributed by atoms with Gasteiger partial charge in [0, 0.05) is 36.0 Å². The summed E-state index contributed by atoms with van der Waals surface area (Å²) in [5.41, 5.74) is 1.78. The van der Waals surface area contributed by atoms with Crippen LogP contribution in [0.25, 0.3) is 6.08 Å². The molecule has 2 aromatic rings. The summed E-state index contributed by atoms with van der Waals surface area (Å²) in [5, 5.41) is 19.0. The van der Waals surface area contributed by atoms with Crippen LogP contribution in [0.4, 0.5) is 17.1 Å². The SMILES string of the molecule is CCCC(=O)Nc1ccc(NC(=S)NC(=O)/C=C/c2cccc([N+](=O)[O-])c2)cc1. The maximum absolute atomic E-state index is 12.0. The summed E-state index contributed by atoms with van der Waals surface area (Å²) < 4.78 is 0. The number of hydrogen-bond donors (Lipinski definition) is 3. The zero-order chi connectivity index (χ0) is 21.2. The lowest BCUT2D eigenvalue weighted by Gasteiger charge is -2.09. The number of nitrogens with zero attached hydrogens (tertiary/aromatic N) is 1. The molecule has 0 aliphatic heterocycles. The van der Waals surface area contributed by atoms with Crippen molar-refractivity contribution in [2.24, 2.45) is 0 Å². The summed E-state index contributed by atoms with van der Waals surface area (Å²) in [6.07, 6.45) is 3.92. The topological polar surface area (TPSA) is 113 Å². The van der Waals surface area contributed by atoms with E-state index in [4.69, 9.17) is 12.2 Å². The third kappa shape index (κ3) is 7.51. The number of nitrogens with one attached hydrogen (secondary N) is 3. The van der Waals surface area contributed by atoms with Crippen LogP contribution in [-0.2, 0) is 9.59 Å². The summed E-state index contributed by atoms with van der Waals surface area (Å²) in [6, 6.07) is 12.8. The highest BCUT2D eigenvalue weighted by Crippen LogP contribution is 2.15. The van der Waals surface area contributed by atoms with Crippen molar-refractivity contribution in [3.05, 3.63) is 70.3 Å². The van der Waals surface area contributed by atoms with E-state index >= 15 is 0 Å². The first-order valence-corrected chi connectivity index (χ1v) is 9.22. The monoisotopic (exact) mass is 412 g/mol. The lowest BCUT2D eigenvalue weighted by molar-refractivity contribution is -0.384. The molecule has 2 amide bonds. The number of thiocarbonyl (C=S) groups is 1. The average Bonchev–Trinajstić information content (AvgIpc) is 2.68. The minimum atomic E-state index is -0.503. The molecule has 0 saturated heterocycles. The summed E-state index contributed by atoms with van der Waals surface area (Å²) in [7, 11) is 0. The van der Waals surface area contributed by atoms with E-state index in [0.717, 1.165) is 6.42 Å². The largest absolute Gasteiger partial charge is 0.332 e. The van der Waals surface area contributed by atoms with E-state index in [1.807, 2.05) is 6.92 Å². The maximum Gasteiger partial charge on any atom is 0.270 e. The van der Waals surface area contributed by atoms with E-state index in [0.29, 0.717) is 23.4 Å². The number of benzene rings is 2. The molecule has 150 valence electrons. The van der Waals surface area contributed by atoms with Gasteiger partial charge in [0.15, 0.2) is 5.11 Å². The predicted octanol–water partition coefficient (Wildman–Crippen LogP) is 3.86. The summed E-state index contributed by atoms with van der Waals surface area (Å²) in [6.45, 7) is 1.93. The van der Waals surface area contributed by atoms with E-state index in [2.05, 4.69) is 16.0 Å². The quantitative estimate of drug-likeness (QED) is 0.275.